The Balaban J connectivity index is 4.70. The van der Waals surface area contributed by atoms with Gasteiger partial charge < -0.3 is 9.66 Å². The van der Waals surface area contributed by atoms with E-state index in [1.807, 2.05) is 0 Å². The Bertz CT molecular complexity index is 290. The third kappa shape index (κ3) is 3.76. The van der Waals surface area contributed by atoms with Crippen LogP contribution in [0, 0.1) is 0 Å². The molecule has 0 amide bonds. The first-order valence-corrected chi connectivity index (χ1v) is 5.29. The first-order valence-electron chi connectivity index (χ1n) is 2.51. The standard InChI is InChI=1S/C3H6O7S2/c4-3(5)2(1-11(6)7)12(8,9)10/h2H,1H2,(H,4,5)(H,6,7)(H,8,9,10). The second-order valence-electron chi connectivity index (χ2n) is 1.83. The van der Waals surface area contributed by atoms with E-state index >= 15 is 0 Å². The van der Waals surface area contributed by atoms with Gasteiger partial charge in [-0.05, 0) is 0 Å². The summed E-state index contributed by atoms with van der Waals surface area (Å²) >= 11 is -2.58. The van der Waals surface area contributed by atoms with Crippen LogP contribution in [0.25, 0.3) is 0 Å². The lowest BCUT2D eigenvalue weighted by Crippen LogP contribution is -2.34. The largest absolute Gasteiger partial charge is 0.480 e. The van der Waals surface area contributed by atoms with E-state index in [2.05, 4.69) is 0 Å². The molecule has 0 aromatic heterocycles. The van der Waals surface area contributed by atoms with Gasteiger partial charge >= 0.3 is 5.97 Å². The van der Waals surface area contributed by atoms with Crippen LogP contribution in [0.2, 0.25) is 0 Å². The molecule has 9 heteroatoms. The van der Waals surface area contributed by atoms with E-state index in [9.17, 15) is 17.4 Å². The number of carbonyl (C=O) groups is 1. The molecule has 0 aliphatic carbocycles. The Morgan fingerprint density at radius 3 is 2.00 bits per heavy atom. The summed E-state index contributed by atoms with van der Waals surface area (Å²) in [6.07, 6.45) is 0. The molecule has 12 heavy (non-hydrogen) atoms. The van der Waals surface area contributed by atoms with Crippen LogP contribution in [0.15, 0.2) is 0 Å². The molecule has 0 radical (unpaired) electrons. The monoisotopic (exact) mass is 218 g/mol. The third-order valence-electron chi connectivity index (χ3n) is 0.929. The van der Waals surface area contributed by atoms with Gasteiger partial charge in [0.15, 0.2) is 16.3 Å². The number of rotatable bonds is 4. The predicted octanol–water partition coefficient (Wildman–Crippen LogP) is -1.45. The molecule has 0 heterocycles. The summed E-state index contributed by atoms with van der Waals surface area (Å²) in [5.74, 6) is -2.91. The molecule has 2 atom stereocenters. The number of aliphatic carboxylic acids is 1. The summed E-state index contributed by atoms with van der Waals surface area (Å²) in [7, 11) is -4.81. The molecule has 0 aromatic rings. The molecule has 3 N–H and O–H groups in total. The van der Waals surface area contributed by atoms with Gasteiger partial charge in [0.05, 0.1) is 5.75 Å². The fourth-order valence-electron chi connectivity index (χ4n) is 0.414. The molecule has 7 nitrogen and oxygen atoms in total. The fourth-order valence-corrected chi connectivity index (χ4v) is 2.11. The van der Waals surface area contributed by atoms with Gasteiger partial charge in [0.25, 0.3) is 10.1 Å². The normalized spacial score (nSPS) is 16.8. The molecule has 0 aliphatic rings. The topological polar surface area (TPSA) is 129 Å². The summed E-state index contributed by atoms with van der Waals surface area (Å²) in [6.45, 7) is 0. The van der Waals surface area contributed by atoms with Crippen LogP contribution < -0.4 is 0 Å². The van der Waals surface area contributed by atoms with Crippen LogP contribution in [-0.2, 0) is 26.0 Å². The lowest BCUT2D eigenvalue weighted by atomic mass is 10.5. The van der Waals surface area contributed by atoms with Gasteiger partial charge in [0, 0.05) is 0 Å². The van der Waals surface area contributed by atoms with Crippen molar-refractivity contribution >= 4 is 27.2 Å². The minimum Gasteiger partial charge on any atom is -0.480 e. The number of carboxylic acid groups (broad SMARTS) is 1. The molecule has 0 rings (SSSR count). The minimum atomic E-state index is -4.81. The van der Waals surface area contributed by atoms with E-state index in [4.69, 9.17) is 14.2 Å². The van der Waals surface area contributed by atoms with Gasteiger partial charge in [-0.25, -0.2) is 4.21 Å². The summed E-state index contributed by atoms with van der Waals surface area (Å²) in [5.41, 5.74) is 0. The molecule has 0 saturated heterocycles. The highest BCUT2D eigenvalue weighted by Crippen LogP contribution is 2.00. The predicted molar refractivity (Wildman–Crippen MR) is 38.6 cm³/mol. The van der Waals surface area contributed by atoms with Crippen molar-refractivity contribution in [1.82, 2.24) is 0 Å². The zero-order valence-corrected chi connectivity index (χ0v) is 7.21. The van der Waals surface area contributed by atoms with Crippen molar-refractivity contribution in [3.8, 4) is 0 Å². The average Bonchev–Trinajstić information content (AvgIpc) is 1.79. The second-order valence-corrected chi connectivity index (χ2v) is 4.41. The molecule has 0 bridgehead atoms. The van der Waals surface area contributed by atoms with E-state index < -0.39 is 38.2 Å². The Morgan fingerprint density at radius 2 is 1.92 bits per heavy atom. The zero-order valence-electron chi connectivity index (χ0n) is 5.58. The molecule has 72 valence electrons. The Hall–Kier alpha value is -0.510. The van der Waals surface area contributed by atoms with Gasteiger partial charge in [0.2, 0.25) is 0 Å². The first-order chi connectivity index (χ1) is 5.25. The van der Waals surface area contributed by atoms with Crippen LogP contribution in [0.5, 0.6) is 0 Å². The van der Waals surface area contributed by atoms with E-state index in [1.54, 1.807) is 0 Å². The highest BCUT2D eigenvalue weighted by molar-refractivity contribution is 7.89. The number of hydrogen-bond acceptors (Lipinski definition) is 4. The lowest BCUT2D eigenvalue weighted by molar-refractivity contribution is -0.136. The Labute approximate surface area is 70.4 Å². The van der Waals surface area contributed by atoms with Crippen molar-refractivity contribution in [2.75, 3.05) is 5.75 Å². The molecule has 0 fully saturated rings. The van der Waals surface area contributed by atoms with Crippen molar-refractivity contribution < 1.29 is 31.6 Å². The van der Waals surface area contributed by atoms with Gasteiger partial charge in [-0.1, -0.05) is 0 Å². The summed E-state index contributed by atoms with van der Waals surface area (Å²) in [6, 6.07) is 0. The van der Waals surface area contributed by atoms with Gasteiger partial charge in [0.1, 0.15) is 0 Å². The molecular formula is C3H6O7S2. The van der Waals surface area contributed by atoms with Crippen molar-refractivity contribution in [3.05, 3.63) is 0 Å². The average molecular weight is 218 g/mol. The molecule has 0 spiro atoms. The van der Waals surface area contributed by atoms with Crippen molar-refractivity contribution in [3.63, 3.8) is 0 Å². The summed E-state index contributed by atoms with van der Waals surface area (Å²) in [4.78, 5) is 10.1. The van der Waals surface area contributed by atoms with E-state index in [0.717, 1.165) is 0 Å². The van der Waals surface area contributed by atoms with Crippen LogP contribution in [0.4, 0.5) is 0 Å². The zero-order chi connectivity index (χ0) is 9.94. The van der Waals surface area contributed by atoms with E-state index in [0.29, 0.717) is 0 Å². The smallest absolute Gasteiger partial charge is 0.325 e. The van der Waals surface area contributed by atoms with Crippen LogP contribution in [0.1, 0.15) is 0 Å². The molecular weight excluding hydrogens is 212 g/mol. The van der Waals surface area contributed by atoms with Gasteiger partial charge in [-0.3, -0.25) is 9.35 Å². The molecule has 2 unspecified atom stereocenters. The molecule has 0 saturated carbocycles. The maximum absolute atomic E-state index is 10.2. The van der Waals surface area contributed by atoms with Crippen molar-refractivity contribution in [1.29, 1.82) is 0 Å². The summed E-state index contributed by atoms with van der Waals surface area (Å²) in [5, 5.41) is 5.93. The van der Waals surface area contributed by atoms with Gasteiger partial charge in [-0.15, -0.1) is 0 Å². The van der Waals surface area contributed by atoms with Crippen LogP contribution >= 0.6 is 0 Å². The molecule has 0 aromatic carbocycles. The third-order valence-corrected chi connectivity index (χ3v) is 2.85. The first kappa shape index (κ1) is 11.5. The molecule has 0 aliphatic heterocycles. The van der Waals surface area contributed by atoms with Crippen LogP contribution in [0.3, 0.4) is 0 Å². The maximum Gasteiger partial charge on any atom is 0.325 e. The Morgan fingerprint density at radius 1 is 1.50 bits per heavy atom. The van der Waals surface area contributed by atoms with E-state index in [-0.39, 0.29) is 0 Å². The van der Waals surface area contributed by atoms with Crippen molar-refractivity contribution in [2.24, 2.45) is 0 Å². The van der Waals surface area contributed by atoms with Crippen LogP contribution in [-0.4, -0.2) is 43.8 Å². The highest BCUT2D eigenvalue weighted by atomic mass is 32.2. The second kappa shape index (κ2) is 3.94. The number of carboxylic acids is 1. The Kier molecular flexibility index (Phi) is 3.77. The van der Waals surface area contributed by atoms with E-state index in [1.165, 1.54) is 0 Å². The maximum atomic E-state index is 10.2. The summed E-state index contributed by atoms with van der Waals surface area (Å²) < 4.78 is 46.9. The fraction of sp³-hybridized carbons (Fsp3) is 0.667. The SMILES string of the molecule is O=C(O)C(CS(=O)O)S(=O)(=O)O. The van der Waals surface area contributed by atoms with Gasteiger partial charge in [-0.2, -0.15) is 8.42 Å². The quantitative estimate of drug-likeness (QED) is 0.388. The minimum absolute atomic E-state index is 1.05. The van der Waals surface area contributed by atoms with Crippen molar-refractivity contribution in [2.45, 2.75) is 5.25 Å². The lowest BCUT2D eigenvalue weighted by Gasteiger charge is -2.04. The highest BCUT2D eigenvalue weighted by Gasteiger charge is 2.32. The number of hydrogen-bond donors (Lipinski definition) is 3.